The lowest BCUT2D eigenvalue weighted by Gasteiger charge is -2.31. The number of nitrogens with zero attached hydrogens (tertiary/aromatic N) is 1. The van der Waals surface area contributed by atoms with Gasteiger partial charge < -0.3 is 14.9 Å². The van der Waals surface area contributed by atoms with Gasteiger partial charge in [0.25, 0.3) is 0 Å². The molecule has 0 unspecified atom stereocenters. The highest BCUT2D eigenvalue weighted by molar-refractivity contribution is 6.27. The highest BCUT2D eigenvalue weighted by Gasteiger charge is 2.30. The molecule has 1 aromatic carbocycles. The fraction of sp³-hybridized carbons (Fsp3) is 0.529. The van der Waals surface area contributed by atoms with Crippen LogP contribution in [0.4, 0.5) is 13.2 Å². The number of carboxylic acids is 2. The third kappa shape index (κ3) is 7.83. The number of likely N-dealkylation sites (tertiary alicyclic amines) is 1. The molecule has 26 heavy (non-hydrogen) atoms. The Hall–Kier alpha value is -2.13. The summed E-state index contributed by atoms with van der Waals surface area (Å²) in [5, 5.41) is 14.8. The molecule has 6 nitrogen and oxygen atoms in total. The molecular formula is C17H22F3NO5. The molecule has 9 heteroatoms. The van der Waals surface area contributed by atoms with Crippen molar-refractivity contribution in [3.63, 3.8) is 0 Å². The number of halogens is 3. The summed E-state index contributed by atoms with van der Waals surface area (Å²) in [5.41, 5.74) is 0.161. The molecule has 146 valence electrons. The maximum atomic E-state index is 12.7. The number of benzene rings is 1. The van der Waals surface area contributed by atoms with Gasteiger partial charge in [-0.05, 0) is 43.5 Å². The van der Waals surface area contributed by atoms with Gasteiger partial charge in [-0.15, -0.1) is 0 Å². The van der Waals surface area contributed by atoms with E-state index in [4.69, 9.17) is 24.5 Å². The first kappa shape index (κ1) is 21.9. The molecule has 1 aromatic rings. The van der Waals surface area contributed by atoms with E-state index in [1.165, 1.54) is 12.1 Å². The van der Waals surface area contributed by atoms with Gasteiger partial charge in [0.2, 0.25) is 0 Å². The number of piperidine rings is 1. The van der Waals surface area contributed by atoms with Crippen molar-refractivity contribution in [2.24, 2.45) is 5.92 Å². The number of carbonyl (C=O) groups is 2. The quantitative estimate of drug-likeness (QED) is 0.785. The summed E-state index contributed by atoms with van der Waals surface area (Å²) < 4.78 is 43.1. The lowest BCUT2D eigenvalue weighted by molar-refractivity contribution is -0.159. The summed E-state index contributed by atoms with van der Waals surface area (Å²) in [6.07, 6.45) is -2.17. The molecule has 0 radical (unpaired) electrons. The van der Waals surface area contributed by atoms with Crippen molar-refractivity contribution >= 4 is 11.9 Å². The maximum Gasteiger partial charge on any atom is 0.416 e. The van der Waals surface area contributed by atoms with E-state index in [2.05, 4.69) is 4.90 Å². The second kappa shape index (κ2) is 10.1. The van der Waals surface area contributed by atoms with Crippen molar-refractivity contribution in [3.8, 4) is 0 Å². The average molecular weight is 377 g/mol. The summed E-state index contributed by atoms with van der Waals surface area (Å²) in [4.78, 5) is 20.4. The third-order valence-corrected chi connectivity index (χ3v) is 3.95. The predicted octanol–water partition coefficient (Wildman–Crippen LogP) is 2.72. The second-order valence-corrected chi connectivity index (χ2v) is 5.98. The number of hydrogen-bond donors (Lipinski definition) is 2. The molecule has 2 rings (SSSR count). The fourth-order valence-electron chi connectivity index (χ4n) is 2.65. The van der Waals surface area contributed by atoms with E-state index in [0.29, 0.717) is 12.5 Å². The van der Waals surface area contributed by atoms with Gasteiger partial charge in [0.1, 0.15) is 0 Å². The fourth-order valence-corrected chi connectivity index (χ4v) is 2.65. The third-order valence-electron chi connectivity index (χ3n) is 3.95. The molecule has 1 heterocycles. The van der Waals surface area contributed by atoms with Crippen molar-refractivity contribution < 1.29 is 37.7 Å². The molecule has 1 aliphatic rings. The molecule has 0 aliphatic carbocycles. The summed E-state index contributed by atoms with van der Waals surface area (Å²) >= 11 is 0. The van der Waals surface area contributed by atoms with E-state index < -0.39 is 23.7 Å². The number of carboxylic acid groups (broad SMARTS) is 2. The average Bonchev–Trinajstić information content (AvgIpc) is 2.57. The van der Waals surface area contributed by atoms with E-state index >= 15 is 0 Å². The smallest absolute Gasteiger partial charge is 0.416 e. The first-order chi connectivity index (χ1) is 12.1. The van der Waals surface area contributed by atoms with E-state index in [1.807, 2.05) is 0 Å². The number of ether oxygens (including phenoxy) is 1. The number of hydrogen-bond acceptors (Lipinski definition) is 4. The van der Waals surface area contributed by atoms with Crippen LogP contribution in [0.1, 0.15) is 24.0 Å². The Kier molecular flexibility index (Phi) is 8.53. The van der Waals surface area contributed by atoms with Crippen molar-refractivity contribution in [1.29, 1.82) is 0 Å². The Balaban J connectivity index is 0.000000487. The van der Waals surface area contributed by atoms with E-state index in [9.17, 15) is 13.2 Å². The second-order valence-electron chi connectivity index (χ2n) is 5.98. The minimum atomic E-state index is -4.26. The summed E-state index contributed by atoms with van der Waals surface area (Å²) in [7, 11) is 1.70. The zero-order valence-corrected chi connectivity index (χ0v) is 14.3. The zero-order chi connectivity index (χ0) is 19.7. The van der Waals surface area contributed by atoms with E-state index in [-0.39, 0.29) is 0 Å². The highest BCUT2D eigenvalue weighted by Crippen LogP contribution is 2.30. The van der Waals surface area contributed by atoms with E-state index in [1.54, 1.807) is 13.2 Å². The Morgan fingerprint density at radius 2 is 1.77 bits per heavy atom. The number of rotatable bonds is 4. The molecular weight excluding hydrogens is 355 g/mol. The van der Waals surface area contributed by atoms with Crippen LogP contribution in [0.15, 0.2) is 24.3 Å². The molecule has 0 saturated carbocycles. The summed E-state index contributed by atoms with van der Waals surface area (Å²) in [5.74, 6) is -3.07. The van der Waals surface area contributed by atoms with Crippen LogP contribution in [0.3, 0.4) is 0 Å². The standard InChI is InChI=1S/C15H20F3NO.C2H2O4/c1-20-11-12-5-7-19(8-6-12)10-13-3-2-4-14(9-13)15(16,17)18;3-1(4)2(5)6/h2-4,9,12H,5-8,10-11H2,1H3;(H,3,4)(H,5,6). The Bertz CT molecular complexity index is 586. The Morgan fingerprint density at radius 3 is 2.23 bits per heavy atom. The van der Waals surface area contributed by atoms with Crippen molar-refractivity contribution in [2.75, 3.05) is 26.8 Å². The zero-order valence-electron chi connectivity index (χ0n) is 14.3. The molecule has 1 aliphatic heterocycles. The van der Waals surface area contributed by atoms with Gasteiger partial charge in [-0.1, -0.05) is 18.2 Å². The van der Waals surface area contributed by atoms with Crippen molar-refractivity contribution in [1.82, 2.24) is 4.90 Å². The highest BCUT2D eigenvalue weighted by atomic mass is 19.4. The van der Waals surface area contributed by atoms with E-state index in [0.717, 1.165) is 44.2 Å². The van der Waals surface area contributed by atoms with Crippen LogP contribution >= 0.6 is 0 Å². The molecule has 0 atom stereocenters. The molecule has 0 amide bonds. The molecule has 2 N–H and O–H groups in total. The van der Waals surface area contributed by atoms with Gasteiger partial charge in [0.15, 0.2) is 0 Å². The number of aliphatic carboxylic acids is 2. The van der Waals surface area contributed by atoms with Gasteiger partial charge >= 0.3 is 18.1 Å². The van der Waals surface area contributed by atoms with Crippen LogP contribution in [-0.2, 0) is 27.0 Å². The van der Waals surface area contributed by atoms with Gasteiger partial charge in [0.05, 0.1) is 5.56 Å². The summed E-state index contributed by atoms with van der Waals surface area (Å²) in [6, 6.07) is 5.61. The molecule has 1 fully saturated rings. The van der Waals surface area contributed by atoms with Crippen LogP contribution < -0.4 is 0 Å². The first-order valence-corrected chi connectivity index (χ1v) is 7.97. The van der Waals surface area contributed by atoms with Crippen molar-refractivity contribution in [3.05, 3.63) is 35.4 Å². The molecule has 0 bridgehead atoms. The van der Waals surface area contributed by atoms with Crippen molar-refractivity contribution in [2.45, 2.75) is 25.6 Å². The molecule has 1 saturated heterocycles. The van der Waals surface area contributed by atoms with Crippen LogP contribution in [0.5, 0.6) is 0 Å². The number of methoxy groups -OCH3 is 1. The maximum absolute atomic E-state index is 12.7. The minimum Gasteiger partial charge on any atom is -0.473 e. The normalized spacial score (nSPS) is 15.8. The Labute approximate surface area is 149 Å². The van der Waals surface area contributed by atoms with Crippen LogP contribution in [0.25, 0.3) is 0 Å². The molecule has 0 aromatic heterocycles. The SMILES string of the molecule is COCC1CCN(Cc2cccc(C(F)(F)F)c2)CC1.O=C(O)C(=O)O. The predicted molar refractivity (Wildman–Crippen MR) is 86.6 cm³/mol. The van der Waals surface area contributed by atoms with Crippen LogP contribution in [0.2, 0.25) is 0 Å². The summed E-state index contributed by atoms with van der Waals surface area (Å²) in [6.45, 7) is 3.20. The topological polar surface area (TPSA) is 87.1 Å². The van der Waals surface area contributed by atoms with Gasteiger partial charge in [-0.3, -0.25) is 4.90 Å². The van der Waals surface area contributed by atoms with Gasteiger partial charge in [-0.2, -0.15) is 13.2 Å². The number of alkyl halides is 3. The van der Waals surface area contributed by atoms with Crippen LogP contribution in [-0.4, -0.2) is 53.9 Å². The van der Waals surface area contributed by atoms with Gasteiger partial charge in [0, 0.05) is 20.3 Å². The lowest BCUT2D eigenvalue weighted by Crippen LogP contribution is -2.34. The van der Waals surface area contributed by atoms with Gasteiger partial charge in [-0.25, -0.2) is 9.59 Å². The molecule has 0 spiro atoms. The lowest BCUT2D eigenvalue weighted by atomic mass is 9.97. The first-order valence-electron chi connectivity index (χ1n) is 7.97. The minimum absolute atomic E-state index is 0.565. The Morgan fingerprint density at radius 1 is 1.19 bits per heavy atom. The van der Waals surface area contributed by atoms with Crippen LogP contribution in [0, 0.1) is 5.92 Å². The largest absolute Gasteiger partial charge is 0.473 e. The monoisotopic (exact) mass is 377 g/mol.